The number of carbonyl (C=O) groups excluding carboxylic acids is 1. The third kappa shape index (κ3) is 3.03. The molecule has 0 bridgehead atoms. The summed E-state index contributed by atoms with van der Waals surface area (Å²) in [5, 5.41) is 9.06. The monoisotopic (exact) mass is 340 g/mol. The largest absolute Gasteiger partial charge is 0.480 e. The van der Waals surface area contributed by atoms with E-state index in [1.807, 2.05) is 0 Å². The number of imidazole rings is 1. The molecule has 0 radical (unpaired) electrons. The van der Waals surface area contributed by atoms with Crippen molar-refractivity contribution in [3.8, 4) is 5.69 Å². The lowest BCUT2D eigenvalue weighted by Crippen LogP contribution is -2.26. The van der Waals surface area contributed by atoms with E-state index in [-0.39, 0.29) is 6.61 Å². The molecule has 0 spiro atoms. The first-order valence-electron chi connectivity index (χ1n) is 7.72. The van der Waals surface area contributed by atoms with Crippen molar-refractivity contribution in [2.45, 2.75) is 13.5 Å². The predicted molar refractivity (Wildman–Crippen MR) is 91.1 cm³/mol. The minimum absolute atomic E-state index is 0.280. The Labute approximate surface area is 142 Å². The summed E-state index contributed by atoms with van der Waals surface area (Å²) in [7, 11) is 0. The SMILES string of the molecule is CCOC(=O)c1ccc(-n2c(=O)n(CC(=O)O)c3ccccc32)cc1. The van der Waals surface area contributed by atoms with Crippen molar-refractivity contribution in [2.24, 2.45) is 0 Å². The molecule has 0 aliphatic heterocycles. The molecule has 0 fully saturated rings. The maximum atomic E-state index is 12.7. The first-order chi connectivity index (χ1) is 12.0. The van der Waals surface area contributed by atoms with E-state index in [0.29, 0.717) is 22.3 Å². The van der Waals surface area contributed by atoms with Crippen molar-refractivity contribution in [1.29, 1.82) is 0 Å². The number of hydrogen-bond donors (Lipinski definition) is 1. The maximum absolute atomic E-state index is 12.7. The van der Waals surface area contributed by atoms with Crippen LogP contribution in [0, 0.1) is 0 Å². The summed E-state index contributed by atoms with van der Waals surface area (Å²) in [6.45, 7) is 1.58. The Morgan fingerprint density at radius 1 is 1.04 bits per heavy atom. The number of rotatable bonds is 5. The van der Waals surface area contributed by atoms with Gasteiger partial charge >= 0.3 is 17.6 Å². The number of fused-ring (bicyclic) bond motifs is 1. The van der Waals surface area contributed by atoms with Crippen molar-refractivity contribution in [1.82, 2.24) is 9.13 Å². The summed E-state index contributed by atoms with van der Waals surface area (Å²) in [6, 6.07) is 13.4. The Bertz CT molecular complexity index is 998. The molecule has 0 saturated carbocycles. The first kappa shape index (κ1) is 16.5. The molecular weight excluding hydrogens is 324 g/mol. The van der Waals surface area contributed by atoms with Crippen molar-refractivity contribution >= 4 is 23.0 Å². The lowest BCUT2D eigenvalue weighted by atomic mass is 10.2. The number of carboxylic acids is 1. The normalized spacial score (nSPS) is 10.8. The van der Waals surface area contributed by atoms with Crippen LogP contribution in [0.4, 0.5) is 0 Å². The van der Waals surface area contributed by atoms with Crippen molar-refractivity contribution < 1.29 is 19.4 Å². The van der Waals surface area contributed by atoms with Gasteiger partial charge in [-0.15, -0.1) is 0 Å². The van der Waals surface area contributed by atoms with E-state index in [9.17, 15) is 14.4 Å². The van der Waals surface area contributed by atoms with Crippen molar-refractivity contribution in [3.05, 3.63) is 64.6 Å². The maximum Gasteiger partial charge on any atom is 0.338 e. The van der Waals surface area contributed by atoms with E-state index >= 15 is 0 Å². The smallest absolute Gasteiger partial charge is 0.338 e. The van der Waals surface area contributed by atoms with Crippen molar-refractivity contribution in [2.75, 3.05) is 6.61 Å². The number of ether oxygens (including phenoxy) is 1. The van der Waals surface area contributed by atoms with Gasteiger partial charge in [0.2, 0.25) is 0 Å². The van der Waals surface area contributed by atoms with Crippen LogP contribution in [0.1, 0.15) is 17.3 Å². The first-order valence-corrected chi connectivity index (χ1v) is 7.72. The zero-order valence-corrected chi connectivity index (χ0v) is 13.5. The average molecular weight is 340 g/mol. The molecule has 128 valence electrons. The van der Waals surface area contributed by atoms with Gasteiger partial charge in [0.1, 0.15) is 6.54 Å². The molecule has 0 aliphatic rings. The molecule has 0 unspecified atom stereocenters. The van der Waals surface area contributed by atoms with Gasteiger partial charge in [0, 0.05) is 0 Å². The molecule has 2 aromatic carbocycles. The lowest BCUT2D eigenvalue weighted by molar-refractivity contribution is -0.137. The van der Waals surface area contributed by atoms with Crippen LogP contribution in [-0.2, 0) is 16.1 Å². The Balaban J connectivity index is 2.13. The van der Waals surface area contributed by atoms with Gasteiger partial charge in [-0.3, -0.25) is 13.9 Å². The van der Waals surface area contributed by atoms with E-state index in [1.165, 1.54) is 9.13 Å². The predicted octanol–water partition coefficient (Wildman–Crippen LogP) is 2.05. The lowest BCUT2D eigenvalue weighted by Gasteiger charge is -2.05. The highest BCUT2D eigenvalue weighted by atomic mass is 16.5. The number of esters is 1. The van der Waals surface area contributed by atoms with Gasteiger partial charge in [-0.1, -0.05) is 12.1 Å². The topological polar surface area (TPSA) is 90.5 Å². The number of carbonyl (C=O) groups is 2. The van der Waals surface area contributed by atoms with Crippen LogP contribution in [0.5, 0.6) is 0 Å². The fraction of sp³-hybridized carbons (Fsp3) is 0.167. The highest BCUT2D eigenvalue weighted by molar-refractivity contribution is 5.89. The zero-order valence-electron chi connectivity index (χ0n) is 13.5. The van der Waals surface area contributed by atoms with Gasteiger partial charge in [0.05, 0.1) is 28.9 Å². The van der Waals surface area contributed by atoms with Gasteiger partial charge in [0.15, 0.2) is 0 Å². The summed E-state index contributed by atoms with van der Waals surface area (Å²) >= 11 is 0. The van der Waals surface area contributed by atoms with Crippen LogP contribution in [0.25, 0.3) is 16.7 Å². The minimum atomic E-state index is -1.09. The summed E-state index contributed by atoms with van der Waals surface area (Å²) in [4.78, 5) is 35.5. The molecule has 1 aromatic heterocycles. The number of nitrogens with zero attached hydrogens (tertiary/aromatic N) is 2. The quantitative estimate of drug-likeness (QED) is 0.718. The van der Waals surface area contributed by atoms with E-state index in [4.69, 9.17) is 9.84 Å². The summed E-state index contributed by atoms with van der Waals surface area (Å²) in [6.07, 6.45) is 0. The molecule has 3 rings (SSSR count). The number of aliphatic carboxylic acids is 1. The molecule has 0 aliphatic carbocycles. The average Bonchev–Trinajstić information content (AvgIpc) is 2.87. The van der Waals surface area contributed by atoms with E-state index in [1.54, 1.807) is 55.5 Å². The van der Waals surface area contributed by atoms with Crippen LogP contribution in [-0.4, -0.2) is 32.8 Å². The molecule has 0 amide bonds. The van der Waals surface area contributed by atoms with Crippen LogP contribution in [0.15, 0.2) is 53.3 Å². The second-order valence-corrected chi connectivity index (χ2v) is 5.35. The number of para-hydroxylation sites is 2. The molecule has 1 heterocycles. The van der Waals surface area contributed by atoms with Gasteiger partial charge in [-0.2, -0.15) is 0 Å². The Morgan fingerprint density at radius 3 is 2.28 bits per heavy atom. The molecule has 1 N–H and O–H groups in total. The van der Waals surface area contributed by atoms with Crippen LogP contribution < -0.4 is 5.69 Å². The summed E-state index contributed by atoms with van der Waals surface area (Å²) in [5.41, 5.74) is 1.60. The fourth-order valence-corrected chi connectivity index (χ4v) is 2.71. The molecule has 7 nitrogen and oxygen atoms in total. The fourth-order valence-electron chi connectivity index (χ4n) is 2.71. The van der Waals surface area contributed by atoms with E-state index < -0.39 is 24.2 Å². The van der Waals surface area contributed by atoms with Gasteiger partial charge in [-0.25, -0.2) is 9.59 Å². The summed E-state index contributed by atoms with van der Waals surface area (Å²) in [5.74, 6) is -1.53. The van der Waals surface area contributed by atoms with Gasteiger partial charge in [-0.05, 0) is 43.3 Å². The molecule has 7 heteroatoms. The molecule has 3 aromatic rings. The Morgan fingerprint density at radius 2 is 1.68 bits per heavy atom. The van der Waals surface area contributed by atoms with Gasteiger partial charge in [0.25, 0.3) is 0 Å². The van der Waals surface area contributed by atoms with Crippen molar-refractivity contribution in [3.63, 3.8) is 0 Å². The Hall–Kier alpha value is -3.35. The second-order valence-electron chi connectivity index (χ2n) is 5.35. The standard InChI is InChI=1S/C18H16N2O5/c1-2-25-17(23)12-7-9-13(10-8-12)20-15-6-4-3-5-14(15)19(18(20)24)11-16(21)22/h3-10H,2,11H2,1H3,(H,21,22). The molecule has 0 atom stereocenters. The van der Waals surface area contributed by atoms with Gasteiger partial charge < -0.3 is 9.84 Å². The highest BCUT2D eigenvalue weighted by Crippen LogP contribution is 2.18. The second kappa shape index (κ2) is 6.64. The minimum Gasteiger partial charge on any atom is -0.480 e. The number of aromatic nitrogens is 2. The third-order valence-corrected chi connectivity index (χ3v) is 3.77. The molecular formula is C18H16N2O5. The Kier molecular flexibility index (Phi) is 4.38. The zero-order chi connectivity index (χ0) is 18.0. The van der Waals surface area contributed by atoms with Crippen LogP contribution >= 0.6 is 0 Å². The summed E-state index contributed by atoms with van der Waals surface area (Å²) < 4.78 is 7.57. The molecule has 25 heavy (non-hydrogen) atoms. The number of carboxylic acid groups (broad SMARTS) is 1. The third-order valence-electron chi connectivity index (χ3n) is 3.77. The molecule has 0 saturated heterocycles. The van der Waals surface area contributed by atoms with E-state index in [2.05, 4.69) is 0 Å². The number of benzene rings is 2. The van der Waals surface area contributed by atoms with Crippen LogP contribution in [0.3, 0.4) is 0 Å². The van der Waals surface area contributed by atoms with E-state index in [0.717, 1.165) is 0 Å². The highest BCUT2D eigenvalue weighted by Gasteiger charge is 2.16. The van der Waals surface area contributed by atoms with Crippen LogP contribution in [0.2, 0.25) is 0 Å². The number of hydrogen-bond acceptors (Lipinski definition) is 4.